The molecule has 0 saturated carbocycles. The third kappa shape index (κ3) is 4.99. The summed E-state index contributed by atoms with van der Waals surface area (Å²) in [4.78, 5) is 0. The van der Waals surface area contributed by atoms with Crippen LogP contribution in [-0.2, 0) is 0 Å². The van der Waals surface area contributed by atoms with Crippen molar-refractivity contribution >= 4 is 0 Å². The maximum absolute atomic E-state index is 13.3. The molecule has 2 rings (SSSR count). The number of aliphatic hydroxyl groups excluding tert-OH is 1. The van der Waals surface area contributed by atoms with E-state index in [9.17, 15) is 13.9 Å². The van der Waals surface area contributed by atoms with Gasteiger partial charge in [-0.15, -0.1) is 0 Å². The Hall–Kier alpha value is -2.49. The van der Waals surface area contributed by atoms with Crippen LogP contribution in [0.2, 0.25) is 0 Å². The van der Waals surface area contributed by atoms with Crippen molar-refractivity contribution in [3.8, 4) is 11.8 Å². The van der Waals surface area contributed by atoms with Crippen molar-refractivity contribution in [3.05, 3.63) is 65.2 Å². The molecule has 2 N–H and O–H groups in total. The molecule has 0 aliphatic heterocycles. The fraction of sp³-hybridized carbons (Fsp3) is 0.316. The van der Waals surface area contributed by atoms with E-state index in [4.69, 9.17) is 10.00 Å². The number of nitrogens with one attached hydrogen (secondary N) is 1. The quantitative estimate of drug-likeness (QED) is 0.803. The van der Waals surface area contributed by atoms with Crippen LogP contribution >= 0.6 is 0 Å². The van der Waals surface area contributed by atoms with Crippen LogP contribution in [0.1, 0.15) is 37.1 Å². The van der Waals surface area contributed by atoms with E-state index in [1.807, 2.05) is 25.1 Å². The van der Waals surface area contributed by atoms with Crippen LogP contribution in [0.3, 0.4) is 0 Å². The summed E-state index contributed by atoms with van der Waals surface area (Å²) in [6.07, 6.45) is -0.976. The fourth-order valence-electron chi connectivity index (χ4n) is 2.54. The first kappa shape index (κ1) is 18.8. The van der Waals surface area contributed by atoms with Gasteiger partial charge < -0.3 is 15.2 Å². The van der Waals surface area contributed by atoms with Crippen LogP contribution in [0, 0.1) is 23.0 Å². The van der Waals surface area contributed by atoms with Crippen LogP contribution < -0.4 is 10.1 Å². The van der Waals surface area contributed by atoms with Gasteiger partial charge in [0, 0.05) is 12.1 Å². The zero-order chi connectivity index (χ0) is 18.4. The molecule has 0 aliphatic rings. The number of halogens is 2. The topological polar surface area (TPSA) is 65.3 Å². The van der Waals surface area contributed by atoms with Crippen molar-refractivity contribution in [2.24, 2.45) is 0 Å². The van der Waals surface area contributed by atoms with E-state index in [1.165, 1.54) is 6.07 Å². The third-order valence-electron chi connectivity index (χ3n) is 3.96. The van der Waals surface area contributed by atoms with Crippen LogP contribution in [0.5, 0.6) is 5.75 Å². The highest BCUT2D eigenvalue weighted by atomic mass is 19.2. The van der Waals surface area contributed by atoms with E-state index < -0.39 is 17.7 Å². The van der Waals surface area contributed by atoms with Crippen molar-refractivity contribution < 1.29 is 18.6 Å². The lowest BCUT2D eigenvalue weighted by molar-refractivity contribution is 0.130. The summed E-state index contributed by atoms with van der Waals surface area (Å²) >= 11 is 0. The normalized spacial score (nSPS) is 14.4. The summed E-state index contributed by atoms with van der Waals surface area (Å²) in [7, 11) is 0. The van der Waals surface area contributed by atoms with E-state index in [-0.39, 0.29) is 18.7 Å². The lowest BCUT2D eigenvalue weighted by Gasteiger charge is -2.25. The van der Waals surface area contributed by atoms with Crippen LogP contribution in [0.4, 0.5) is 8.78 Å². The maximum Gasteiger partial charge on any atom is 0.174 e. The van der Waals surface area contributed by atoms with Crippen LogP contribution in [0.25, 0.3) is 0 Å². The molecule has 4 nitrogen and oxygen atoms in total. The Balaban J connectivity index is 1.99. The minimum absolute atomic E-state index is 0.00932. The lowest BCUT2D eigenvalue weighted by atomic mass is 10.0. The van der Waals surface area contributed by atoms with Crippen molar-refractivity contribution in [2.75, 3.05) is 6.61 Å². The highest BCUT2D eigenvalue weighted by Gasteiger charge is 2.20. The largest absolute Gasteiger partial charge is 0.479 e. The average molecular weight is 346 g/mol. The van der Waals surface area contributed by atoms with E-state index in [1.54, 1.807) is 19.1 Å². The number of hydrogen-bond donors (Lipinski definition) is 2. The molecule has 6 heteroatoms. The molecule has 132 valence electrons. The highest BCUT2D eigenvalue weighted by Crippen LogP contribution is 2.23. The molecule has 0 radical (unpaired) electrons. The van der Waals surface area contributed by atoms with E-state index in [2.05, 4.69) is 5.32 Å². The number of hydrogen-bond acceptors (Lipinski definition) is 4. The van der Waals surface area contributed by atoms with Gasteiger partial charge in [-0.1, -0.05) is 18.2 Å². The first-order chi connectivity index (χ1) is 11.9. The minimum atomic E-state index is -0.982. The van der Waals surface area contributed by atoms with Gasteiger partial charge in [0.05, 0.1) is 6.10 Å². The molecule has 25 heavy (non-hydrogen) atoms. The zero-order valence-corrected chi connectivity index (χ0v) is 14.0. The van der Waals surface area contributed by atoms with Gasteiger partial charge in [0.15, 0.2) is 18.2 Å². The van der Waals surface area contributed by atoms with Crippen LogP contribution in [-0.4, -0.2) is 17.8 Å². The Morgan fingerprint density at radius 1 is 1.08 bits per heavy atom. The molecule has 0 amide bonds. The Kier molecular flexibility index (Phi) is 6.45. The third-order valence-corrected chi connectivity index (χ3v) is 3.96. The van der Waals surface area contributed by atoms with Gasteiger partial charge in [-0.05, 0) is 49.2 Å². The summed E-state index contributed by atoms with van der Waals surface area (Å²) in [5.41, 5.74) is 1.28. The number of ether oxygens (including phenoxy) is 1. The summed E-state index contributed by atoms with van der Waals surface area (Å²) in [5, 5.41) is 22.1. The molecule has 0 aliphatic carbocycles. The van der Waals surface area contributed by atoms with Gasteiger partial charge in [-0.2, -0.15) is 5.26 Å². The number of nitrogens with zero attached hydrogens (tertiary/aromatic N) is 1. The van der Waals surface area contributed by atoms with Gasteiger partial charge >= 0.3 is 0 Å². The molecule has 0 heterocycles. The van der Waals surface area contributed by atoms with Gasteiger partial charge in [0.2, 0.25) is 0 Å². The van der Waals surface area contributed by atoms with Crippen molar-refractivity contribution in [3.63, 3.8) is 0 Å². The first-order valence-electron chi connectivity index (χ1n) is 7.91. The second kappa shape index (κ2) is 8.56. The predicted octanol–water partition coefficient (Wildman–Crippen LogP) is 3.64. The smallest absolute Gasteiger partial charge is 0.174 e. The zero-order valence-electron chi connectivity index (χ0n) is 14.0. The molecular weight excluding hydrogens is 326 g/mol. The summed E-state index contributed by atoms with van der Waals surface area (Å²) < 4.78 is 31.5. The number of rotatable bonds is 7. The monoisotopic (exact) mass is 346 g/mol. The van der Waals surface area contributed by atoms with Crippen LogP contribution in [0.15, 0.2) is 42.5 Å². The molecular formula is C19H20F2N2O2. The molecule has 2 aromatic rings. The molecule has 0 aromatic heterocycles. The molecule has 0 bridgehead atoms. The predicted molar refractivity (Wildman–Crippen MR) is 89.9 cm³/mol. The average Bonchev–Trinajstić information content (AvgIpc) is 2.62. The minimum Gasteiger partial charge on any atom is -0.479 e. The van der Waals surface area contributed by atoms with Gasteiger partial charge in [0.25, 0.3) is 0 Å². The molecule has 2 aromatic carbocycles. The van der Waals surface area contributed by atoms with Gasteiger partial charge in [0.1, 0.15) is 11.8 Å². The second-order valence-corrected chi connectivity index (χ2v) is 5.81. The number of benzene rings is 2. The Morgan fingerprint density at radius 3 is 2.32 bits per heavy atom. The Morgan fingerprint density at radius 2 is 1.72 bits per heavy atom. The van der Waals surface area contributed by atoms with E-state index >= 15 is 0 Å². The van der Waals surface area contributed by atoms with Gasteiger partial charge in [-0.3, -0.25) is 0 Å². The molecule has 3 atom stereocenters. The molecule has 0 saturated heterocycles. The number of nitriles is 1. The van der Waals surface area contributed by atoms with Crippen molar-refractivity contribution in [1.29, 1.82) is 5.26 Å². The molecule has 0 spiro atoms. The van der Waals surface area contributed by atoms with Crippen molar-refractivity contribution in [2.45, 2.75) is 32.0 Å². The molecule has 0 fully saturated rings. The molecule has 3 unspecified atom stereocenters. The van der Waals surface area contributed by atoms with E-state index in [0.717, 1.165) is 17.7 Å². The van der Waals surface area contributed by atoms with E-state index in [0.29, 0.717) is 11.3 Å². The second-order valence-electron chi connectivity index (χ2n) is 5.81. The Bertz CT molecular complexity index is 744. The highest BCUT2D eigenvalue weighted by molar-refractivity contribution is 5.29. The SMILES string of the molecule is CC(NC(C)C(O)c1ccc(F)c(F)c1)c1ccc(OCC#N)cc1. The summed E-state index contributed by atoms with van der Waals surface area (Å²) in [6, 6.07) is 12.1. The van der Waals surface area contributed by atoms with Gasteiger partial charge in [-0.25, -0.2) is 8.78 Å². The lowest BCUT2D eigenvalue weighted by Crippen LogP contribution is -2.34. The summed E-state index contributed by atoms with van der Waals surface area (Å²) in [5.74, 6) is -1.32. The fourth-order valence-corrected chi connectivity index (χ4v) is 2.54. The summed E-state index contributed by atoms with van der Waals surface area (Å²) in [6.45, 7) is 3.69. The maximum atomic E-state index is 13.3. The van der Waals surface area contributed by atoms with Crippen molar-refractivity contribution in [1.82, 2.24) is 5.32 Å². The Labute approximate surface area is 145 Å². The first-order valence-corrected chi connectivity index (χ1v) is 7.91. The number of aliphatic hydroxyl groups is 1. The standard InChI is InChI=1S/C19H20F2N2O2/c1-12(14-3-6-16(7-4-14)25-10-9-22)23-13(2)19(24)15-5-8-17(20)18(21)11-15/h3-8,11-13,19,23-24H,10H2,1-2H3.